The number of aromatic amines is 1. The van der Waals surface area contributed by atoms with E-state index in [9.17, 15) is 9.59 Å². The van der Waals surface area contributed by atoms with Gasteiger partial charge in [0.05, 0.1) is 0 Å². The van der Waals surface area contributed by atoms with Gasteiger partial charge in [0, 0.05) is 36.1 Å². The van der Waals surface area contributed by atoms with Gasteiger partial charge in [0.15, 0.2) is 5.82 Å². The molecule has 0 saturated heterocycles. The SMILES string of the molecule is CC(C)C(=O)Nc1cc(C2CC(NC(=O)CC3CCCC3)C2)[nH]n1. The van der Waals surface area contributed by atoms with Gasteiger partial charge in [-0.25, -0.2) is 0 Å². The van der Waals surface area contributed by atoms with Crippen LogP contribution in [0.5, 0.6) is 0 Å². The molecule has 3 N–H and O–H groups in total. The van der Waals surface area contributed by atoms with E-state index in [1.54, 1.807) is 0 Å². The number of H-pyrrole nitrogens is 1. The van der Waals surface area contributed by atoms with E-state index in [1.807, 2.05) is 19.9 Å². The Morgan fingerprint density at radius 1 is 1.29 bits per heavy atom. The molecule has 2 amide bonds. The van der Waals surface area contributed by atoms with Crippen molar-refractivity contribution in [1.82, 2.24) is 15.5 Å². The van der Waals surface area contributed by atoms with Gasteiger partial charge < -0.3 is 10.6 Å². The van der Waals surface area contributed by atoms with E-state index in [1.165, 1.54) is 25.7 Å². The molecule has 1 aromatic rings. The van der Waals surface area contributed by atoms with Gasteiger partial charge in [0.25, 0.3) is 0 Å². The summed E-state index contributed by atoms with van der Waals surface area (Å²) in [6.07, 6.45) is 7.54. The van der Waals surface area contributed by atoms with E-state index in [0.717, 1.165) is 18.5 Å². The summed E-state index contributed by atoms with van der Waals surface area (Å²) in [6, 6.07) is 2.18. The molecule has 0 spiro atoms. The average Bonchev–Trinajstić information content (AvgIpc) is 3.14. The van der Waals surface area contributed by atoms with Gasteiger partial charge in [0.2, 0.25) is 11.8 Å². The molecule has 24 heavy (non-hydrogen) atoms. The van der Waals surface area contributed by atoms with Crippen LogP contribution in [0.2, 0.25) is 0 Å². The molecule has 0 radical (unpaired) electrons. The third-order valence-corrected chi connectivity index (χ3v) is 5.27. The van der Waals surface area contributed by atoms with Crippen molar-refractivity contribution < 1.29 is 9.59 Å². The Morgan fingerprint density at radius 2 is 2.00 bits per heavy atom. The number of anilines is 1. The van der Waals surface area contributed by atoms with Crippen LogP contribution in [0.25, 0.3) is 0 Å². The third-order valence-electron chi connectivity index (χ3n) is 5.27. The Morgan fingerprint density at radius 3 is 2.67 bits per heavy atom. The van der Waals surface area contributed by atoms with E-state index < -0.39 is 0 Å². The zero-order valence-corrected chi connectivity index (χ0v) is 14.6. The van der Waals surface area contributed by atoms with Gasteiger partial charge in [-0.15, -0.1) is 0 Å². The van der Waals surface area contributed by atoms with Crippen LogP contribution in [0.4, 0.5) is 5.82 Å². The fourth-order valence-electron chi connectivity index (χ4n) is 3.63. The van der Waals surface area contributed by atoms with Crippen LogP contribution < -0.4 is 10.6 Å². The molecule has 132 valence electrons. The van der Waals surface area contributed by atoms with E-state index in [2.05, 4.69) is 20.8 Å². The second kappa shape index (κ2) is 7.36. The fourth-order valence-corrected chi connectivity index (χ4v) is 3.63. The maximum atomic E-state index is 12.1. The van der Waals surface area contributed by atoms with Crippen LogP contribution in [-0.4, -0.2) is 28.1 Å². The van der Waals surface area contributed by atoms with Crippen molar-refractivity contribution in [1.29, 1.82) is 0 Å². The number of aromatic nitrogens is 2. The molecule has 0 aromatic carbocycles. The second-order valence-corrected chi connectivity index (χ2v) is 7.64. The number of carbonyl (C=O) groups excluding carboxylic acids is 2. The van der Waals surface area contributed by atoms with E-state index in [0.29, 0.717) is 24.1 Å². The number of carbonyl (C=O) groups is 2. The summed E-state index contributed by atoms with van der Waals surface area (Å²) in [5.74, 6) is 1.68. The third kappa shape index (κ3) is 4.16. The predicted molar refractivity (Wildman–Crippen MR) is 92.5 cm³/mol. The molecule has 0 atom stereocenters. The summed E-state index contributed by atoms with van der Waals surface area (Å²) in [7, 11) is 0. The molecule has 2 aliphatic carbocycles. The lowest BCUT2D eigenvalue weighted by Gasteiger charge is -2.35. The maximum Gasteiger partial charge on any atom is 0.228 e. The van der Waals surface area contributed by atoms with Crippen molar-refractivity contribution in [3.8, 4) is 0 Å². The topological polar surface area (TPSA) is 86.9 Å². The van der Waals surface area contributed by atoms with E-state index >= 15 is 0 Å². The number of nitrogens with one attached hydrogen (secondary N) is 3. The summed E-state index contributed by atoms with van der Waals surface area (Å²) >= 11 is 0. The smallest absolute Gasteiger partial charge is 0.228 e. The highest BCUT2D eigenvalue weighted by molar-refractivity contribution is 5.91. The average molecular weight is 332 g/mol. The molecule has 6 heteroatoms. The molecule has 1 heterocycles. The van der Waals surface area contributed by atoms with Crippen molar-refractivity contribution in [3.05, 3.63) is 11.8 Å². The quantitative estimate of drug-likeness (QED) is 0.748. The Balaban J connectivity index is 1.40. The Bertz CT molecular complexity index is 584. The normalized spacial score (nSPS) is 24.0. The molecule has 0 bridgehead atoms. The lowest BCUT2D eigenvalue weighted by molar-refractivity contribution is -0.123. The van der Waals surface area contributed by atoms with Gasteiger partial charge in [-0.1, -0.05) is 26.7 Å². The summed E-state index contributed by atoms with van der Waals surface area (Å²) in [6.45, 7) is 3.71. The van der Waals surface area contributed by atoms with E-state index in [-0.39, 0.29) is 23.8 Å². The van der Waals surface area contributed by atoms with Crippen molar-refractivity contribution >= 4 is 17.6 Å². The first kappa shape index (κ1) is 17.0. The maximum absolute atomic E-state index is 12.1. The van der Waals surface area contributed by atoms with Crippen LogP contribution in [0.1, 0.15) is 70.4 Å². The Hall–Kier alpha value is -1.85. The van der Waals surface area contributed by atoms with Crippen LogP contribution in [0.15, 0.2) is 6.07 Å². The summed E-state index contributed by atoms with van der Waals surface area (Å²) in [4.78, 5) is 23.7. The van der Waals surface area contributed by atoms with Crippen LogP contribution in [0, 0.1) is 11.8 Å². The summed E-state index contributed by atoms with van der Waals surface area (Å²) in [5, 5.41) is 13.1. The van der Waals surface area contributed by atoms with Crippen molar-refractivity contribution in [2.75, 3.05) is 5.32 Å². The molecule has 2 saturated carbocycles. The van der Waals surface area contributed by atoms with Gasteiger partial charge in [-0.2, -0.15) is 5.10 Å². The van der Waals surface area contributed by atoms with Crippen molar-refractivity contribution in [2.24, 2.45) is 11.8 Å². The highest BCUT2D eigenvalue weighted by atomic mass is 16.2. The highest BCUT2D eigenvalue weighted by Crippen LogP contribution is 2.37. The Labute approximate surface area is 143 Å². The lowest BCUT2D eigenvalue weighted by Crippen LogP contribution is -2.43. The first-order chi connectivity index (χ1) is 11.5. The highest BCUT2D eigenvalue weighted by Gasteiger charge is 2.33. The van der Waals surface area contributed by atoms with Crippen molar-refractivity contribution in [3.63, 3.8) is 0 Å². The number of hydrogen-bond acceptors (Lipinski definition) is 3. The standard InChI is InChI=1S/C18H28N4O2/c1-11(2)18(24)20-16-10-15(21-22-16)13-8-14(9-13)19-17(23)7-12-5-3-4-6-12/h10-14H,3-9H2,1-2H3,(H,19,23)(H2,20,21,22,24). The minimum absolute atomic E-state index is 0.0290. The fraction of sp³-hybridized carbons (Fsp3) is 0.722. The molecule has 6 nitrogen and oxygen atoms in total. The number of hydrogen-bond donors (Lipinski definition) is 3. The van der Waals surface area contributed by atoms with Gasteiger partial charge >= 0.3 is 0 Å². The minimum atomic E-state index is -0.0617. The lowest BCUT2D eigenvalue weighted by atomic mass is 9.78. The molecule has 2 fully saturated rings. The van der Waals surface area contributed by atoms with Crippen LogP contribution in [-0.2, 0) is 9.59 Å². The molecule has 0 aliphatic heterocycles. The molecular weight excluding hydrogens is 304 g/mol. The molecule has 2 aliphatic rings. The van der Waals surface area contributed by atoms with Gasteiger partial charge in [0.1, 0.15) is 0 Å². The first-order valence-electron chi connectivity index (χ1n) is 9.16. The second-order valence-electron chi connectivity index (χ2n) is 7.64. The molecular formula is C18H28N4O2. The first-order valence-corrected chi connectivity index (χ1v) is 9.16. The van der Waals surface area contributed by atoms with E-state index in [4.69, 9.17) is 0 Å². The van der Waals surface area contributed by atoms with Crippen LogP contribution in [0.3, 0.4) is 0 Å². The Kier molecular flexibility index (Phi) is 5.21. The summed E-state index contributed by atoms with van der Waals surface area (Å²) < 4.78 is 0. The number of nitrogens with zero attached hydrogens (tertiary/aromatic N) is 1. The van der Waals surface area contributed by atoms with Gasteiger partial charge in [-0.05, 0) is 31.6 Å². The zero-order chi connectivity index (χ0) is 17.1. The minimum Gasteiger partial charge on any atom is -0.353 e. The number of rotatable bonds is 6. The summed E-state index contributed by atoms with van der Waals surface area (Å²) in [5.41, 5.74) is 1.04. The predicted octanol–water partition coefficient (Wildman–Crippen LogP) is 2.95. The number of amides is 2. The molecule has 1 aromatic heterocycles. The van der Waals surface area contributed by atoms with Crippen LogP contribution >= 0.6 is 0 Å². The van der Waals surface area contributed by atoms with Gasteiger partial charge in [-0.3, -0.25) is 14.7 Å². The zero-order valence-electron chi connectivity index (χ0n) is 14.6. The molecule has 3 rings (SSSR count). The largest absolute Gasteiger partial charge is 0.353 e. The van der Waals surface area contributed by atoms with Crippen molar-refractivity contribution in [2.45, 2.75) is 70.8 Å². The molecule has 0 unspecified atom stereocenters. The monoisotopic (exact) mass is 332 g/mol.